The molecule has 0 saturated carbocycles. The summed E-state index contributed by atoms with van der Waals surface area (Å²) >= 11 is 0. The molecule has 1 aromatic heterocycles. The normalized spacial score (nSPS) is 23.8. The average molecular weight is 287 g/mol. The molecule has 0 radical (unpaired) electrons. The van der Waals surface area contributed by atoms with Gasteiger partial charge in [0.1, 0.15) is 0 Å². The van der Waals surface area contributed by atoms with Crippen molar-refractivity contribution in [2.45, 2.75) is 39.0 Å². The molecule has 1 fully saturated rings. The SMILES string of the molecule is CO[C@@H]1CN(Cc2cccc3c(C)c(C)[nH]c23)CC[C@@H]1N. The Morgan fingerprint density at radius 2 is 2.19 bits per heavy atom. The number of H-pyrrole nitrogens is 1. The number of aromatic nitrogens is 1. The molecule has 3 rings (SSSR count). The van der Waals surface area contributed by atoms with Crippen LogP contribution in [0.4, 0.5) is 0 Å². The highest BCUT2D eigenvalue weighted by atomic mass is 16.5. The van der Waals surface area contributed by atoms with Crippen LogP contribution in [0.1, 0.15) is 23.2 Å². The number of rotatable bonds is 3. The van der Waals surface area contributed by atoms with Gasteiger partial charge in [-0.1, -0.05) is 18.2 Å². The lowest BCUT2D eigenvalue weighted by Gasteiger charge is -2.36. The van der Waals surface area contributed by atoms with Crippen LogP contribution in [0.15, 0.2) is 18.2 Å². The zero-order valence-electron chi connectivity index (χ0n) is 13.1. The van der Waals surface area contributed by atoms with Crippen LogP contribution in [0.2, 0.25) is 0 Å². The van der Waals surface area contributed by atoms with E-state index < -0.39 is 0 Å². The maximum atomic E-state index is 6.10. The van der Waals surface area contributed by atoms with Gasteiger partial charge in [0.05, 0.1) is 11.6 Å². The maximum absolute atomic E-state index is 6.10. The molecule has 1 aromatic carbocycles. The Morgan fingerprint density at radius 3 is 2.95 bits per heavy atom. The van der Waals surface area contributed by atoms with Gasteiger partial charge in [-0.3, -0.25) is 4.90 Å². The number of nitrogens with two attached hydrogens (primary N) is 1. The first-order valence-electron chi connectivity index (χ1n) is 7.67. The van der Waals surface area contributed by atoms with Crippen molar-refractivity contribution >= 4 is 10.9 Å². The van der Waals surface area contributed by atoms with Gasteiger partial charge in [-0.15, -0.1) is 0 Å². The summed E-state index contributed by atoms with van der Waals surface area (Å²) in [6, 6.07) is 6.73. The zero-order valence-corrected chi connectivity index (χ0v) is 13.1. The highest BCUT2D eigenvalue weighted by Gasteiger charge is 2.26. The summed E-state index contributed by atoms with van der Waals surface area (Å²) in [6.45, 7) is 7.21. The van der Waals surface area contributed by atoms with Crippen LogP contribution in [0, 0.1) is 13.8 Å². The number of hydrogen-bond donors (Lipinski definition) is 2. The molecule has 2 aromatic rings. The molecule has 2 heterocycles. The molecular formula is C17H25N3O. The summed E-state index contributed by atoms with van der Waals surface area (Å²) in [5, 5.41) is 1.34. The van der Waals surface area contributed by atoms with Crippen LogP contribution in [0.5, 0.6) is 0 Å². The van der Waals surface area contributed by atoms with Crippen molar-refractivity contribution in [2.75, 3.05) is 20.2 Å². The van der Waals surface area contributed by atoms with Gasteiger partial charge in [0.15, 0.2) is 0 Å². The minimum Gasteiger partial charge on any atom is -0.379 e. The Morgan fingerprint density at radius 1 is 1.38 bits per heavy atom. The summed E-state index contributed by atoms with van der Waals surface area (Å²) in [6.07, 6.45) is 1.14. The first-order chi connectivity index (χ1) is 10.1. The quantitative estimate of drug-likeness (QED) is 0.911. The standard InChI is InChI=1S/C17H25N3O/c1-11-12(2)19-17-13(5-4-6-14(11)17)9-20-8-7-15(18)16(10-20)21-3/h4-6,15-16,19H,7-10,18H2,1-3H3/t15-,16+/m0/s1. The molecule has 21 heavy (non-hydrogen) atoms. The number of ether oxygens (including phenoxy) is 1. The van der Waals surface area contributed by atoms with E-state index in [2.05, 4.69) is 41.9 Å². The lowest BCUT2D eigenvalue weighted by atomic mass is 10.0. The third-order valence-electron chi connectivity index (χ3n) is 4.82. The molecule has 1 aliphatic heterocycles. The molecule has 0 bridgehead atoms. The van der Waals surface area contributed by atoms with E-state index >= 15 is 0 Å². The summed E-state index contributed by atoms with van der Waals surface area (Å²) in [7, 11) is 1.76. The number of benzene rings is 1. The molecule has 1 saturated heterocycles. The fourth-order valence-corrected chi connectivity index (χ4v) is 3.31. The molecule has 2 atom stereocenters. The van der Waals surface area contributed by atoms with Gasteiger partial charge in [-0.05, 0) is 31.4 Å². The summed E-state index contributed by atoms with van der Waals surface area (Å²) in [4.78, 5) is 5.98. The maximum Gasteiger partial charge on any atom is 0.0849 e. The summed E-state index contributed by atoms with van der Waals surface area (Å²) in [5.74, 6) is 0. The van der Waals surface area contributed by atoms with Crippen molar-refractivity contribution in [3.05, 3.63) is 35.0 Å². The number of aromatic amines is 1. The van der Waals surface area contributed by atoms with Gasteiger partial charge in [-0.25, -0.2) is 0 Å². The van der Waals surface area contributed by atoms with Gasteiger partial charge in [0.2, 0.25) is 0 Å². The smallest absolute Gasteiger partial charge is 0.0849 e. The Bertz CT molecular complexity index is 634. The first-order valence-corrected chi connectivity index (χ1v) is 7.67. The van der Waals surface area contributed by atoms with Crippen LogP contribution >= 0.6 is 0 Å². The van der Waals surface area contributed by atoms with Crippen molar-refractivity contribution < 1.29 is 4.74 Å². The lowest BCUT2D eigenvalue weighted by Crippen LogP contribution is -2.51. The number of nitrogens with zero attached hydrogens (tertiary/aromatic N) is 1. The predicted molar refractivity (Wildman–Crippen MR) is 86.4 cm³/mol. The highest BCUT2D eigenvalue weighted by molar-refractivity contribution is 5.87. The average Bonchev–Trinajstić information content (AvgIpc) is 2.78. The fourth-order valence-electron chi connectivity index (χ4n) is 3.31. The van der Waals surface area contributed by atoms with Gasteiger partial charge in [-0.2, -0.15) is 0 Å². The Balaban J connectivity index is 1.84. The van der Waals surface area contributed by atoms with E-state index in [-0.39, 0.29) is 12.1 Å². The van der Waals surface area contributed by atoms with E-state index in [1.165, 1.54) is 27.7 Å². The number of hydrogen-bond acceptors (Lipinski definition) is 3. The molecule has 1 aliphatic rings. The van der Waals surface area contributed by atoms with Crippen molar-refractivity contribution in [2.24, 2.45) is 5.73 Å². The minimum atomic E-state index is 0.144. The van der Waals surface area contributed by atoms with Crippen LogP contribution in [-0.2, 0) is 11.3 Å². The molecule has 0 amide bonds. The molecule has 4 nitrogen and oxygen atoms in total. The molecule has 0 aliphatic carbocycles. The molecule has 0 spiro atoms. The second-order valence-corrected chi connectivity index (χ2v) is 6.18. The van der Waals surface area contributed by atoms with Crippen LogP contribution in [-0.4, -0.2) is 42.2 Å². The highest BCUT2D eigenvalue weighted by Crippen LogP contribution is 2.26. The number of likely N-dealkylation sites (tertiary alicyclic amines) is 1. The number of piperidine rings is 1. The molecule has 3 N–H and O–H groups in total. The fraction of sp³-hybridized carbons (Fsp3) is 0.529. The summed E-state index contributed by atoms with van der Waals surface area (Å²) < 4.78 is 5.51. The molecule has 114 valence electrons. The number of para-hydroxylation sites is 1. The van der Waals surface area contributed by atoms with Crippen molar-refractivity contribution in [1.82, 2.24) is 9.88 Å². The summed E-state index contributed by atoms with van der Waals surface area (Å²) in [5.41, 5.74) is 11.3. The minimum absolute atomic E-state index is 0.144. The number of nitrogens with one attached hydrogen (secondary N) is 1. The van der Waals surface area contributed by atoms with Gasteiger partial charge >= 0.3 is 0 Å². The second kappa shape index (κ2) is 5.79. The predicted octanol–water partition coefficient (Wildman–Crippen LogP) is 2.33. The largest absolute Gasteiger partial charge is 0.379 e. The molecular weight excluding hydrogens is 262 g/mol. The first kappa shape index (κ1) is 14.6. The Hall–Kier alpha value is -1.36. The van der Waals surface area contributed by atoms with Crippen LogP contribution in [0.25, 0.3) is 10.9 Å². The van der Waals surface area contributed by atoms with Crippen LogP contribution < -0.4 is 5.73 Å². The van der Waals surface area contributed by atoms with E-state index in [1.54, 1.807) is 7.11 Å². The zero-order chi connectivity index (χ0) is 15.0. The van der Waals surface area contributed by atoms with Gasteiger partial charge in [0.25, 0.3) is 0 Å². The Labute approximate surface area is 126 Å². The topological polar surface area (TPSA) is 54.3 Å². The van der Waals surface area contributed by atoms with Gasteiger partial charge < -0.3 is 15.5 Å². The number of methoxy groups -OCH3 is 1. The van der Waals surface area contributed by atoms with Gasteiger partial charge in [0, 0.05) is 43.9 Å². The van der Waals surface area contributed by atoms with E-state index in [9.17, 15) is 0 Å². The monoisotopic (exact) mass is 287 g/mol. The van der Waals surface area contributed by atoms with Crippen molar-refractivity contribution in [3.63, 3.8) is 0 Å². The van der Waals surface area contributed by atoms with Crippen LogP contribution in [0.3, 0.4) is 0 Å². The second-order valence-electron chi connectivity index (χ2n) is 6.18. The van der Waals surface area contributed by atoms with E-state index in [1.807, 2.05) is 0 Å². The van der Waals surface area contributed by atoms with E-state index in [0.29, 0.717) is 0 Å². The van der Waals surface area contributed by atoms with Crippen molar-refractivity contribution in [1.29, 1.82) is 0 Å². The van der Waals surface area contributed by atoms with E-state index in [0.717, 1.165) is 26.1 Å². The number of fused-ring (bicyclic) bond motifs is 1. The third kappa shape index (κ3) is 2.71. The number of aryl methyl sites for hydroxylation is 2. The molecule has 0 unspecified atom stereocenters. The van der Waals surface area contributed by atoms with Crippen molar-refractivity contribution in [3.8, 4) is 0 Å². The third-order valence-corrected chi connectivity index (χ3v) is 4.82. The lowest BCUT2D eigenvalue weighted by molar-refractivity contribution is 0.0141. The Kier molecular flexibility index (Phi) is 4.02. The molecule has 4 heteroatoms. The van der Waals surface area contributed by atoms with E-state index in [4.69, 9.17) is 10.5 Å².